The van der Waals surface area contributed by atoms with Crippen molar-refractivity contribution in [3.63, 3.8) is 0 Å². The molecule has 260 valence electrons. The molecule has 2 heteroatoms. The predicted molar refractivity (Wildman–Crippen MR) is 227 cm³/mol. The monoisotopic (exact) mass is 694 g/mol. The summed E-state index contributed by atoms with van der Waals surface area (Å²) < 4.78 is 0. The van der Waals surface area contributed by atoms with Crippen molar-refractivity contribution >= 4 is 55.7 Å². The number of hydrogen-bond donors (Lipinski definition) is 0. The van der Waals surface area contributed by atoms with Crippen LogP contribution >= 0.6 is 0 Å². The molecule has 0 saturated heterocycles. The van der Waals surface area contributed by atoms with Crippen LogP contribution in [-0.4, -0.2) is 0 Å². The van der Waals surface area contributed by atoms with E-state index in [0.29, 0.717) is 17.8 Å². The van der Waals surface area contributed by atoms with Gasteiger partial charge in [-0.25, -0.2) is 0 Å². The Morgan fingerprint density at radius 2 is 0.870 bits per heavy atom. The van der Waals surface area contributed by atoms with Gasteiger partial charge in [0, 0.05) is 33.5 Å². The Morgan fingerprint density at radius 3 is 1.46 bits per heavy atom. The maximum Gasteiger partial charge on any atom is 0.0540 e. The van der Waals surface area contributed by atoms with E-state index in [0.717, 1.165) is 5.92 Å². The van der Waals surface area contributed by atoms with E-state index in [-0.39, 0.29) is 0 Å². The van der Waals surface area contributed by atoms with Crippen molar-refractivity contribution in [3.8, 4) is 11.1 Å². The van der Waals surface area contributed by atoms with Crippen LogP contribution in [0.5, 0.6) is 0 Å². The van der Waals surface area contributed by atoms with Crippen molar-refractivity contribution in [2.75, 3.05) is 9.80 Å². The van der Waals surface area contributed by atoms with E-state index in [2.05, 4.69) is 192 Å². The molecule has 0 N–H and O–H groups in total. The van der Waals surface area contributed by atoms with Gasteiger partial charge in [0.15, 0.2) is 0 Å². The number of para-hydroxylation sites is 2. The third-order valence-corrected chi connectivity index (χ3v) is 12.8. The molecule has 3 aliphatic carbocycles. The minimum absolute atomic E-state index is 0.572. The summed E-state index contributed by atoms with van der Waals surface area (Å²) in [5.41, 5.74) is 13.2. The van der Waals surface area contributed by atoms with Gasteiger partial charge in [0.05, 0.1) is 11.4 Å². The predicted octanol–water partition coefficient (Wildman–Crippen LogP) is 14.6. The molecule has 0 aromatic heterocycles. The first kappa shape index (κ1) is 31.4. The van der Waals surface area contributed by atoms with Crippen molar-refractivity contribution in [3.05, 3.63) is 193 Å². The first-order valence-electron chi connectivity index (χ1n) is 19.7. The fourth-order valence-corrected chi connectivity index (χ4v) is 10.5. The lowest BCUT2D eigenvalue weighted by Crippen LogP contribution is -2.20. The summed E-state index contributed by atoms with van der Waals surface area (Å²) in [7, 11) is 0. The second-order valence-corrected chi connectivity index (χ2v) is 15.8. The van der Waals surface area contributed by atoms with Crippen LogP contribution in [0.4, 0.5) is 34.1 Å². The van der Waals surface area contributed by atoms with E-state index in [1.807, 2.05) is 0 Å². The van der Waals surface area contributed by atoms with E-state index < -0.39 is 0 Å². The minimum atomic E-state index is 0.572. The average molecular weight is 695 g/mol. The summed E-state index contributed by atoms with van der Waals surface area (Å²) in [5, 5.41) is 5.05. The zero-order chi connectivity index (χ0) is 35.6. The van der Waals surface area contributed by atoms with E-state index >= 15 is 0 Å². The molecule has 8 aromatic carbocycles. The van der Waals surface area contributed by atoms with E-state index in [9.17, 15) is 0 Å². The second-order valence-electron chi connectivity index (χ2n) is 15.8. The van der Waals surface area contributed by atoms with Gasteiger partial charge in [-0.2, -0.15) is 0 Å². The molecular formula is C52H42N2. The fraction of sp³-hybridized carbons (Fsp3) is 0.154. The zero-order valence-corrected chi connectivity index (χ0v) is 30.4. The van der Waals surface area contributed by atoms with Gasteiger partial charge in [-0.1, -0.05) is 121 Å². The summed E-state index contributed by atoms with van der Waals surface area (Å²) in [4.78, 5) is 4.96. The molecule has 11 rings (SSSR count). The minimum Gasteiger partial charge on any atom is -0.310 e. The standard InChI is InChI=1S/C52H42N2/c1-3-17-40(18-4-1)53(51-23-11-15-36-13-7-9-21-44(36)51)42-25-27-46-47-28-26-43(34-50(47)48-31-35-29-38(48)32-39(30-35)49(46)33-42)54(41-19-5-2-6-20-41)52-24-12-16-37-14-8-10-22-45(37)52/h1-28,33-35,38-39,48H,29-32H2. The van der Waals surface area contributed by atoms with E-state index in [1.54, 1.807) is 0 Å². The van der Waals surface area contributed by atoms with Crippen LogP contribution in [0.15, 0.2) is 182 Å². The molecule has 8 aromatic rings. The van der Waals surface area contributed by atoms with E-state index in [4.69, 9.17) is 0 Å². The van der Waals surface area contributed by atoms with Gasteiger partial charge in [-0.05, 0) is 143 Å². The van der Waals surface area contributed by atoms with Crippen LogP contribution < -0.4 is 9.80 Å². The topological polar surface area (TPSA) is 6.48 Å². The largest absolute Gasteiger partial charge is 0.310 e. The highest BCUT2D eigenvalue weighted by Crippen LogP contribution is 2.60. The van der Waals surface area contributed by atoms with Crippen LogP contribution in [0.3, 0.4) is 0 Å². The highest BCUT2D eigenvalue weighted by molar-refractivity contribution is 6.00. The average Bonchev–Trinajstić information content (AvgIpc) is 3.55. The lowest BCUT2D eigenvalue weighted by molar-refractivity contribution is 0.312. The number of hydrogen-bond acceptors (Lipinski definition) is 2. The Bertz CT molecular complexity index is 2650. The quantitative estimate of drug-likeness (QED) is 0.171. The number of nitrogens with zero attached hydrogens (tertiary/aromatic N) is 2. The van der Waals surface area contributed by atoms with Crippen molar-refractivity contribution < 1.29 is 0 Å². The number of fused-ring (bicyclic) bond motifs is 9. The smallest absolute Gasteiger partial charge is 0.0540 e. The molecule has 0 spiro atoms. The van der Waals surface area contributed by atoms with Gasteiger partial charge in [0.25, 0.3) is 0 Å². The highest BCUT2D eigenvalue weighted by atomic mass is 15.1. The van der Waals surface area contributed by atoms with Gasteiger partial charge >= 0.3 is 0 Å². The van der Waals surface area contributed by atoms with Crippen LogP contribution in [0, 0.1) is 11.8 Å². The Kier molecular flexibility index (Phi) is 7.43. The molecular weight excluding hydrogens is 653 g/mol. The molecule has 3 aliphatic rings. The van der Waals surface area contributed by atoms with E-state index in [1.165, 1.54) is 104 Å². The number of anilines is 6. The summed E-state index contributed by atoms with van der Waals surface area (Å²) in [6.07, 6.45) is 5.21. The molecule has 0 aliphatic heterocycles. The summed E-state index contributed by atoms with van der Waals surface area (Å²) >= 11 is 0. The molecule has 2 saturated carbocycles. The van der Waals surface area contributed by atoms with Gasteiger partial charge in [-0.3, -0.25) is 0 Å². The van der Waals surface area contributed by atoms with Crippen LogP contribution in [-0.2, 0) is 0 Å². The molecule has 54 heavy (non-hydrogen) atoms. The summed E-state index contributed by atoms with van der Waals surface area (Å²) in [6.45, 7) is 0. The van der Waals surface area contributed by atoms with Crippen molar-refractivity contribution in [1.29, 1.82) is 0 Å². The van der Waals surface area contributed by atoms with Crippen LogP contribution in [0.2, 0.25) is 0 Å². The van der Waals surface area contributed by atoms with Crippen LogP contribution in [0.1, 0.15) is 48.6 Å². The molecule has 4 unspecified atom stereocenters. The lowest BCUT2D eigenvalue weighted by atomic mass is 9.71. The Morgan fingerprint density at radius 1 is 0.370 bits per heavy atom. The number of benzene rings is 8. The zero-order valence-electron chi connectivity index (χ0n) is 30.4. The lowest BCUT2D eigenvalue weighted by Gasteiger charge is -2.36. The first-order chi connectivity index (χ1) is 26.8. The maximum absolute atomic E-state index is 2.57. The number of rotatable bonds is 6. The molecule has 4 atom stereocenters. The molecule has 3 bridgehead atoms. The first-order valence-corrected chi connectivity index (χ1v) is 19.7. The van der Waals surface area contributed by atoms with Gasteiger partial charge in [0.1, 0.15) is 0 Å². The fourth-order valence-electron chi connectivity index (χ4n) is 10.5. The Labute approximate surface area is 318 Å². The maximum atomic E-state index is 2.57. The van der Waals surface area contributed by atoms with Crippen molar-refractivity contribution in [2.24, 2.45) is 11.8 Å². The summed E-state index contributed by atoms with van der Waals surface area (Å²) in [6, 6.07) is 67.6. The molecule has 2 fully saturated rings. The third kappa shape index (κ3) is 5.16. The Hall–Kier alpha value is -6.12. The molecule has 2 nitrogen and oxygen atoms in total. The van der Waals surface area contributed by atoms with Crippen molar-refractivity contribution in [1.82, 2.24) is 0 Å². The van der Waals surface area contributed by atoms with Crippen molar-refractivity contribution in [2.45, 2.75) is 37.5 Å². The highest BCUT2D eigenvalue weighted by Gasteiger charge is 2.45. The SMILES string of the molecule is c1ccc(N(c2ccc3c(c2)C2CC4CC(C2)C(C4)c2cc(N(c4ccccc4)c4cccc5ccccc45)ccc2-3)c2cccc3ccccc23)cc1. The van der Waals surface area contributed by atoms with Gasteiger partial charge in [0.2, 0.25) is 0 Å². The normalized spacial score (nSPS) is 19.6. The molecule has 0 heterocycles. The van der Waals surface area contributed by atoms with Gasteiger partial charge in [-0.15, -0.1) is 0 Å². The third-order valence-electron chi connectivity index (χ3n) is 12.8. The second kappa shape index (κ2) is 12.8. The van der Waals surface area contributed by atoms with Gasteiger partial charge < -0.3 is 9.80 Å². The van der Waals surface area contributed by atoms with Crippen LogP contribution in [0.25, 0.3) is 32.7 Å². The molecule has 0 radical (unpaired) electrons. The summed E-state index contributed by atoms with van der Waals surface area (Å²) in [5.74, 6) is 2.65. The molecule has 0 amide bonds. The Balaban J connectivity index is 1.10.